The van der Waals surface area contributed by atoms with Gasteiger partial charge in [-0.3, -0.25) is 4.68 Å². The monoisotopic (exact) mass is 221 g/mol. The van der Waals surface area contributed by atoms with E-state index in [0.29, 0.717) is 6.04 Å². The Morgan fingerprint density at radius 1 is 1.50 bits per heavy atom. The Hall–Kier alpha value is -0.830. The van der Waals surface area contributed by atoms with Gasteiger partial charge >= 0.3 is 0 Å². The maximum absolute atomic E-state index is 4.58. The first-order valence-electron chi connectivity index (χ1n) is 6.54. The van der Waals surface area contributed by atoms with Gasteiger partial charge in [-0.15, -0.1) is 0 Å². The molecule has 1 aliphatic rings. The number of rotatable bonds is 6. The Balaban J connectivity index is 2.21. The quantitative estimate of drug-likeness (QED) is 0.800. The van der Waals surface area contributed by atoms with Crippen molar-refractivity contribution in [1.29, 1.82) is 0 Å². The number of hydrogen-bond acceptors (Lipinski definition) is 2. The molecule has 1 fully saturated rings. The van der Waals surface area contributed by atoms with E-state index < -0.39 is 0 Å². The van der Waals surface area contributed by atoms with Crippen molar-refractivity contribution >= 4 is 0 Å². The zero-order valence-electron chi connectivity index (χ0n) is 10.7. The van der Waals surface area contributed by atoms with Gasteiger partial charge in [0.2, 0.25) is 0 Å². The third kappa shape index (κ3) is 2.29. The highest BCUT2D eigenvalue weighted by Gasteiger charge is 2.30. The summed E-state index contributed by atoms with van der Waals surface area (Å²) in [7, 11) is 0. The Labute approximate surface area is 98.2 Å². The molecule has 1 aromatic heterocycles. The summed E-state index contributed by atoms with van der Waals surface area (Å²) in [5, 5.41) is 7.98. The first-order valence-corrected chi connectivity index (χ1v) is 6.54. The summed E-state index contributed by atoms with van der Waals surface area (Å²) in [6.07, 6.45) is 5.91. The zero-order valence-corrected chi connectivity index (χ0v) is 10.7. The molecule has 90 valence electrons. The van der Waals surface area contributed by atoms with Crippen LogP contribution in [0.4, 0.5) is 0 Å². The van der Waals surface area contributed by atoms with Crippen molar-refractivity contribution in [1.82, 2.24) is 15.1 Å². The molecular formula is C13H23N3. The van der Waals surface area contributed by atoms with Crippen LogP contribution in [0, 0.1) is 0 Å². The Morgan fingerprint density at radius 3 is 2.81 bits per heavy atom. The lowest BCUT2D eigenvalue weighted by molar-refractivity contribution is 0.459. The van der Waals surface area contributed by atoms with E-state index in [4.69, 9.17) is 0 Å². The second-order valence-corrected chi connectivity index (χ2v) is 4.81. The summed E-state index contributed by atoms with van der Waals surface area (Å²) in [5.74, 6) is 0.783. The molecule has 1 atom stereocenters. The molecular weight excluding hydrogens is 198 g/mol. The number of aromatic nitrogens is 2. The predicted molar refractivity (Wildman–Crippen MR) is 66.6 cm³/mol. The topological polar surface area (TPSA) is 29.9 Å². The van der Waals surface area contributed by atoms with Gasteiger partial charge in [0.05, 0.1) is 6.20 Å². The second kappa shape index (κ2) is 5.00. The lowest BCUT2D eigenvalue weighted by Gasteiger charge is -2.14. The first kappa shape index (κ1) is 11.6. The molecule has 1 N–H and O–H groups in total. The molecule has 0 amide bonds. The van der Waals surface area contributed by atoms with E-state index in [0.717, 1.165) is 25.4 Å². The minimum Gasteiger partial charge on any atom is -0.313 e. The van der Waals surface area contributed by atoms with Crippen molar-refractivity contribution in [3.63, 3.8) is 0 Å². The summed E-state index contributed by atoms with van der Waals surface area (Å²) >= 11 is 0. The lowest BCUT2D eigenvalue weighted by Crippen LogP contribution is -2.14. The van der Waals surface area contributed by atoms with Crippen LogP contribution in [-0.4, -0.2) is 16.3 Å². The van der Waals surface area contributed by atoms with Crippen LogP contribution in [0.5, 0.6) is 0 Å². The summed E-state index contributed by atoms with van der Waals surface area (Å²) in [6.45, 7) is 8.64. The summed E-state index contributed by atoms with van der Waals surface area (Å²) < 4.78 is 2.25. The van der Waals surface area contributed by atoms with Crippen LogP contribution in [0.2, 0.25) is 0 Å². The molecule has 1 aromatic rings. The van der Waals surface area contributed by atoms with Gasteiger partial charge in [-0.05, 0) is 32.7 Å². The Kier molecular flexibility index (Phi) is 3.64. The maximum atomic E-state index is 4.58. The number of nitrogens with one attached hydrogen (secondary N) is 1. The lowest BCUT2D eigenvalue weighted by atomic mass is 10.1. The summed E-state index contributed by atoms with van der Waals surface area (Å²) in [4.78, 5) is 0. The van der Waals surface area contributed by atoms with Crippen LogP contribution in [0.15, 0.2) is 6.20 Å². The third-order valence-electron chi connectivity index (χ3n) is 3.45. The van der Waals surface area contributed by atoms with Gasteiger partial charge in [0.25, 0.3) is 0 Å². The Morgan fingerprint density at radius 2 is 2.25 bits per heavy atom. The third-order valence-corrected chi connectivity index (χ3v) is 3.45. The summed E-state index contributed by atoms with van der Waals surface area (Å²) in [6, 6.07) is 0.533. The van der Waals surface area contributed by atoms with Crippen LogP contribution < -0.4 is 5.32 Å². The minimum atomic E-state index is 0.533. The molecule has 0 bridgehead atoms. The standard InChI is InChI=1S/C13H23N3/c1-4-10(3)16-13(11-6-7-11)12(9-15-16)8-14-5-2/h9-11,14H,4-8H2,1-3H3. The molecule has 16 heavy (non-hydrogen) atoms. The van der Waals surface area contributed by atoms with E-state index in [9.17, 15) is 0 Å². The number of nitrogens with zero attached hydrogens (tertiary/aromatic N) is 2. The average Bonchev–Trinajstić information content (AvgIpc) is 3.06. The van der Waals surface area contributed by atoms with E-state index in [-0.39, 0.29) is 0 Å². The molecule has 3 nitrogen and oxygen atoms in total. The normalized spacial score (nSPS) is 17.7. The molecule has 3 heteroatoms. The van der Waals surface area contributed by atoms with Gasteiger partial charge in [0, 0.05) is 29.8 Å². The van der Waals surface area contributed by atoms with Crippen LogP contribution >= 0.6 is 0 Å². The SMILES string of the molecule is CCNCc1cnn(C(C)CC)c1C1CC1. The van der Waals surface area contributed by atoms with Crippen LogP contribution in [0.25, 0.3) is 0 Å². The maximum Gasteiger partial charge on any atom is 0.0537 e. The van der Waals surface area contributed by atoms with Crippen molar-refractivity contribution in [2.75, 3.05) is 6.54 Å². The smallest absolute Gasteiger partial charge is 0.0537 e. The van der Waals surface area contributed by atoms with Crippen molar-refractivity contribution in [2.24, 2.45) is 0 Å². The van der Waals surface area contributed by atoms with E-state index in [1.54, 1.807) is 0 Å². The van der Waals surface area contributed by atoms with Crippen molar-refractivity contribution < 1.29 is 0 Å². The number of hydrogen-bond donors (Lipinski definition) is 1. The molecule has 1 heterocycles. The fourth-order valence-electron chi connectivity index (χ4n) is 2.13. The molecule has 0 saturated heterocycles. The second-order valence-electron chi connectivity index (χ2n) is 4.81. The average molecular weight is 221 g/mol. The molecule has 1 aliphatic carbocycles. The molecule has 0 aliphatic heterocycles. The molecule has 0 aromatic carbocycles. The van der Waals surface area contributed by atoms with E-state index in [2.05, 4.69) is 42.1 Å². The van der Waals surface area contributed by atoms with E-state index in [1.165, 1.54) is 24.1 Å². The van der Waals surface area contributed by atoms with E-state index in [1.807, 2.05) is 0 Å². The van der Waals surface area contributed by atoms with Crippen molar-refractivity contribution in [3.05, 3.63) is 17.5 Å². The van der Waals surface area contributed by atoms with Crippen LogP contribution in [-0.2, 0) is 6.54 Å². The molecule has 1 unspecified atom stereocenters. The first-order chi connectivity index (χ1) is 7.77. The van der Waals surface area contributed by atoms with Gasteiger partial charge in [0.1, 0.15) is 0 Å². The van der Waals surface area contributed by atoms with Gasteiger partial charge < -0.3 is 5.32 Å². The van der Waals surface area contributed by atoms with Crippen molar-refractivity contribution in [3.8, 4) is 0 Å². The molecule has 2 rings (SSSR count). The highest BCUT2D eigenvalue weighted by atomic mass is 15.3. The highest BCUT2D eigenvalue weighted by Crippen LogP contribution is 2.42. The zero-order chi connectivity index (χ0) is 11.5. The van der Waals surface area contributed by atoms with Crippen LogP contribution in [0.3, 0.4) is 0 Å². The summed E-state index contributed by atoms with van der Waals surface area (Å²) in [5.41, 5.74) is 2.90. The molecule has 0 radical (unpaired) electrons. The minimum absolute atomic E-state index is 0.533. The molecule has 1 saturated carbocycles. The van der Waals surface area contributed by atoms with Gasteiger partial charge in [0.15, 0.2) is 0 Å². The fraction of sp³-hybridized carbons (Fsp3) is 0.769. The molecule has 0 spiro atoms. The van der Waals surface area contributed by atoms with Crippen molar-refractivity contribution in [2.45, 2.75) is 58.5 Å². The largest absolute Gasteiger partial charge is 0.313 e. The fourth-order valence-corrected chi connectivity index (χ4v) is 2.13. The van der Waals surface area contributed by atoms with Crippen LogP contribution in [0.1, 0.15) is 63.3 Å². The predicted octanol–water partition coefficient (Wildman–Crippen LogP) is 2.84. The Bertz CT molecular complexity index is 339. The van der Waals surface area contributed by atoms with Gasteiger partial charge in [-0.25, -0.2) is 0 Å². The highest BCUT2D eigenvalue weighted by molar-refractivity contribution is 5.26. The van der Waals surface area contributed by atoms with E-state index >= 15 is 0 Å². The van der Waals surface area contributed by atoms with Gasteiger partial charge in [-0.2, -0.15) is 5.10 Å². The van der Waals surface area contributed by atoms with Gasteiger partial charge in [-0.1, -0.05) is 13.8 Å².